The van der Waals surface area contributed by atoms with Crippen LogP contribution in [0.15, 0.2) is 53.6 Å². The molecule has 0 aliphatic heterocycles. The van der Waals surface area contributed by atoms with Crippen LogP contribution in [0.1, 0.15) is 68.6 Å². The molecule has 3 aliphatic rings. The summed E-state index contributed by atoms with van der Waals surface area (Å²) < 4.78 is 6.62. The summed E-state index contributed by atoms with van der Waals surface area (Å²) >= 11 is 0. The second-order valence-corrected chi connectivity index (χ2v) is 9.57. The van der Waals surface area contributed by atoms with Crippen LogP contribution in [0.5, 0.6) is 0 Å². The number of allylic oxidation sites excluding steroid dienone is 3. The van der Waals surface area contributed by atoms with Crippen LogP contribution in [0.4, 0.5) is 0 Å². The van der Waals surface area contributed by atoms with Gasteiger partial charge in [-0.25, -0.2) is 0 Å². The number of carbonyl (C=O) groups excluding carboxylic acids is 1. The molecule has 1 aromatic rings. The van der Waals surface area contributed by atoms with Crippen molar-refractivity contribution in [3.05, 3.63) is 65.0 Å². The molecule has 33 heavy (non-hydrogen) atoms. The molecule has 3 aliphatic carbocycles. The van der Waals surface area contributed by atoms with Gasteiger partial charge < -0.3 is 25.9 Å². The zero-order chi connectivity index (χ0) is 23.8. The lowest BCUT2D eigenvalue weighted by atomic mass is 9.71. The number of nitrogens with zero attached hydrogens (tertiary/aromatic N) is 1. The first-order valence-corrected chi connectivity index (χ1v) is 11.6. The summed E-state index contributed by atoms with van der Waals surface area (Å²) in [5.74, 6) is 0.496. The van der Waals surface area contributed by atoms with Gasteiger partial charge in [0.2, 0.25) is 5.69 Å². The molecule has 0 unspecified atom stereocenters. The Labute approximate surface area is 194 Å². The van der Waals surface area contributed by atoms with Crippen molar-refractivity contribution in [2.75, 3.05) is 6.61 Å². The minimum absolute atomic E-state index is 0.146. The number of hydrogen-bond donors (Lipinski definition) is 5. The lowest BCUT2D eigenvalue weighted by Gasteiger charge is -2.42. The Balaban J connectivity index is 1.49. The molecule has 1 aromatic heterocycles. The van der Waals surface area contributed by atoms with Gasteiger partial charge in [0, 0.05) is 46.7 Å². The molecule has 2 fully saturated rings. The van der Waals surface area contributed by atoms with E-state index in [0.717, 1.165) is 36.1 Å². The molecule has 0 aromatic carbocycles. The highest BCUT2D eigenvalue weighted by atomic mass is 16.5. The zero-order valence-electron chi connectivity index (χ0n) is 19.4. The average molecular weight is 454 g/mol. The number of aromatic nitrogens is 1. The molecule has 8 heteroatoms. The van der Waals surface area contributed by atoms with E-state index >= 15 is 0 Å². The topological polar surface area (TPSA) is 119 Å². The van der Waals surface area contributed by atoms with E-state index < -0.39 is 11.5 Å². The maximum Gasteiger partial charge on any atom is 0.325 e. The molecule has 8 nitrogen and oxygen atoms in total. The molecule has 0 saturated heterocycles. The first kappa shape index (κ1) is 23.0. The summed E-state index contributed by atoms with van der Waals surface area (Å²) in [5, 5.41) is 35.2. The second-order valence-electron chi connectivity index (χ2n) is 9.57. The highest BCUT2D eigenvalue weighted by Crippen LogP contribution is 2.38. The summed E-state index contributed by atoms with van der Waals surface area (Å²) in [6, 6.07) is 5.42. The van der Waals surface area contributed by atoms with Gasteiger partial charge in [-0.1, -0.05) is 0 Å². The first-order chi connectivity index (χ1) is 15.7. The predicted octanol–water partition coefficient (Wildman–Crippen LogP) is 2.68. The standard InChI is InChI=1S/C25H32N4O4/c1-4-33-23-13-19(26)16(14-27-18-11-17(12-18)25(2,3)31)10-20(23)28-24(30)22-7-5-6-21(29(22)32)15-8-9-15/h5-7,10,13-15,17-18,26,30-32H,4,8-9,11-12H2,1-3H3/p+1/t17-,18-. The fourth-order valence-corrected chi connectivity index (χ4v) is 4.19. The number of aliphatic hydroxyl groups is 1. The maximum absolute atomic E-state index is 13.0. The van der Waals surface area contributed by atoms with Crippen molar-refractivity contribution in [1.29, 1.82) is 5.41 Å². The van der Waals surface area contributed by atoms with E-state index in [1.165, 1.54) is 0 Å². The van der Waals surface area contributed by atoms with Crippen LogP contribution in [0.2, 0.25) is 0 Å². The van der Waals surface area contributed by atoms with E-state index in [9.17, 15) is 15.1 Å². The fraction of sp³-hybridized carbons (Fsp3) is 0.480. The van der Waals surface area contributed by atoms with E-state index in [2.05, 4.69) is 10.6 Å². The number of pyridine rings is 1. The molecule has 5 N–H and O–H groups in total. The van der Waals surface area contributed by atoms with Crippen LogP contribution < -0.4 is 15.4 Å². The van der Waals surface area contributed by atoms with Gasteiger partial charge in [0.15, 0.2) is 0 Å². The second kappa shape index (κ2) is 9.02. The summed E-state index contributed by atoms with van der Waals surface area (Å²) in [5.41, 5.74) is 1.52. The van der Waals surface area contributed by atoms with Crippen LogP contribution in [-0.4, -0.2) is 40.2 Å². The average Bonchev–Trinajstić information content (AvgIpc) is 3.54. The highest BCUT2D eigenvalue weighted by Gasteiger charge is 2.38. The van der Waals surface area contributed by atoms with E-state index in [1.54, 1.807) is 30.5 Å². The van der Waals surface area contributed by atoms with Crippen molar-refractivity contribution in [2.24, 2.45) is 5.92 Å². The quantitative estimate of drug-likeness (QED) is 0.306. The lowest BCUT2D eigenvalue weighted by Crippen LogP contribution is -2.48. The van der Waals surface area contributed by atoms with Crippen molar-refractivity contribution in [1.82, 2.24) is 10.6 Å². The molecular weight excluding hydrogens is 420 g/mol. The molecule has 0 radical (unpaired) electrons. The molecule has 1 heterocycles. The van der Waals surface area contributed by atoms with Gasteiger partial charge in [-0.2, -0.15) is 0 Å². The third-order valence-corrected chi connectivity index (χ3v) is 6.53. The summed E-state index contributed by atoms with van der Waals surface area (Å²) in [7, 11) is 0. The Hall–Kier alpha value is -3.13. The van der Waals surface area contributed by atoms with Crippen molar-refractivity contribution in [2.45, 2.75) is 64.0 Å². The van der Waals surface area contributed by atoms with Crippen molar-refractivity contribution < 1.29 is 24.6 Å². The first-order valence-electron chi connectivity index (χ1n) is 11.6. The molecule has 0 bridgehead atoms. The monoisotopic (exact) mass is 453 g/mol. The Morgan fingerprint density at radius 2 is 2.03 bits per heavy atom. The Morgan fingerprint density at radius 1 is 1.30 bits per heavy atom. The molecule has 176 valence electrons. The van der Waals surface area contributed by atoms with Crippen LogP contribution in [0, 0.1) is 11.3 Å². The van der Waals surface area contributed by atoms with E-state index in [1.807, 2.05) is 26.8 Å². The SMILES string of the molecule is CCOC1=CC(=N)/C(=C\N[C@H]2C[C@H](C(C)(C)O)C2)C=C1NC(=O)c1cccc(C2CC2)[n+]1O. The summed E-state index contributed by atoms with van der Waals surface area (Å²) in [6.07, 6.45) is 8.81. The van der Waals surface area contributed by atoms with Crippen LogP contribution in [0.3, 0.4) is 0 Å². The van der Waals surface area contributed by atoms with Crippen molar-refractivity contribution >= 4 is 11.6 Å². The van der Waals surface area contributed by atoms with Crippen LogP contribution >= 0.6 is 0 Å². The predicted molar refractivity (Wildman–Crippen MR) is 123 cm³/mol. The highest BCUT2D eigenvalue weighted by molar-refractivity contribution is 6.10. The molecule has 0 spiro atoms. The third kappa shape index (κ3) is 5.11. The Kier molecular flexibility index (Phi) is 6.30. The van der Waals surface area contributed by atoms with Crippen molar-refractivity contribution in [3.8, 4) is 0 Å². The fourth-order valence-electron chi connectivity index (χ4n) is 4.19. The van der Waals surface area contributed by atoms with Gasteiger partial charge >= 0.3 is 11.6 Å². The van der Waals surface area contributed by atoms with E-state index in [-0.39, 0.29) is 23.4 Å². The third-order valence-electron chi connectivity index (χ3n) is 6.53. The molecule has 1 amide bonds. The largest absolute Gasteiger partial charge is 0.492 e. The van der Waals surface area contributed by atoms with E-state index in [4.69, 9.17) is 10.1 Å². The number of nitrogens with one attached hydrogen (secondary N) is 3. The lowest BCUT2D eigenvalue weighted by molar-refractivity contribution is -0.910. The van der Waals surface area contributed by atoms with Gasteiger partial charge in [-0.15, -0.1) is 0 Å². The van der Waals surface area contributed by atoms with Gasteiger partial charge in [0.05, 0.1) is 23.6 Å². The molecule has 4 rings (SSSR count). The molecule has 0 atom stereocenters. The Morgan fingerprint density at radius 3 is 2.67 bits per heavy atom. The van der Waals surface area contributed by atoms with Gasteiger partial charge in [-0.3, -0.25) is 10.0 Å². The molecular formula is C25H33N4O4+. The van der Waals surface area contributed by atoms with E-state index in [0.29, 0.717) is 29.6 Å². The summed E-state index contributed by atoms with van der Waals surface area (Å²) in [6.45, 7) is 5.89. The van der Waals surface area contributed by atoms with Gasteiger partial charge in [-0.05, 0) is 64.5 Å². The van der Waals surface area contributed by atoms with Crippen LogP contribution in [0.25, 0.3) is 0 Å². The number of rotatable bonds is 8. The smallest absolute Gasteiger partial charge is 0.325 e. The minimum atomic E-state index is -0.685. The normalized spacial score (nSPS) is 24.0. The van der Waals surface area contributed by atoms with Gasteiger partial charge in [0.25, 0.3) is 0 Å². The number of carbonyl (C=O) groups is 1. The number of amides is 1. The maximum atomic E-state index is 13.0. The summed E-state index contributed by atoms with van der Waals surface area (Å²) in [4.78, 5) is 13.0. The minimum Gasteiger partial charge on any atom is -0.492 e. The number of hydrogen-bond acceptors (Lipinski definition) is 6. The van der Waals surface area contributed by atoms with Crippen molar-refractivity contribution in [3.63, 3.8) is 0 Å². The van der Waals surface area contributed by atoms with Crippen LogP contribution in [-0.2, 0) is 4.74 Å². The van der Waals surface area contributed by atoms with Gasteiger partial charge in [0.1, 0.15) is 5.76 Å². The number of ether oxygens (including phenoxy) is 1. The molecule has 2 saturated carbocycles. The zero-order valence-corrected chi connectivity index (χ0v) is 19.4. The Bertz CT molecular complexity index is 1040.